The predicted molar refractivity (Wildman–Crippen MR) is 122 cm³/mol. The molecule has 1 aliphatic heterocycles. The van der Waals surface area contributed by atoms with E-state index in [-0.39, 0.29) is 18.5 Å². The Hall–Kier alpha value is -3.60. The lowest BCUT2D eigenvalue weighted by Crippen LogP contribution is -2.22. The maximum atomic E-state index is 13.4. The third kappa shape index (κ3) is 3.54. The summed E-state index contributed by atoms with van der Waals surface area (Å²) in [6.45, 7) is 2.27. The van der Waals surface area contributed by atoms with Crippen LogP contribution in [-0.2, 0) is 16.6 Å². The van der Waals surface area contributed by atoms with Gasteiger partial charge in [0.1, 0.15) is 5.78 Å². The van der Waals surface area contributed by atoms with Gasteiger partial charge < -0.3 is 14.8 Å². The molecule has 0 saturated heterocycles. The zero-order chi connectivity index (χ0) is 22.3. The van der Waals surface area contributed by atoms with E-state index in [1.807, 2.05) is 49.4 Å². The monoisotopic (exact) mass is 427 g/mol. The standard InChI is InChI=1S/C27H25NO4/c1-17-3-4-20(18-5-7-19(8-6-18)26(30)28-2)13-21(17)14-25(29)27(11-12-27)22-9-10-23-24(15-22)32-16-31-23/h3-10,13,15H,11-12,14,16H2,1-2H3,(H,28,30). The molecule has 1 fully saturated rings. The molecule has 5 nitrogen and oxygen atoms in total. The van der Waals surface area contributed by atoms with Crippen molar-refractivity contribution < 1.29 is 19.1 Å². The third-order valence-electron chi connectivity index (χ3n) is 6.62. The van der Waals surface area contributed by atoms with Gasteiger partial charge in [-0.15, -0.1) is 0 Å². The van der Waals surface area contributed by atoms with E-state index in [1.165, 1.54) is 0 Å². The molecule has 0 atom stereocenters. The van der Waals surface area contributed by atoms with Gasteiger partial charge in [-0.2, -0.15) is 0 Å². The van der Waals surface area contributed by atoms with E-state index in [2.05, 4.69) is 23.5 Å². The number of ether oxygens (including phenoxy) is 2. The number of nitrogens with one attached hydrogen (secondary N) is 1. The number of hydrogen-bond acceptors (Lipinski definition) is 4. The molecule has 1 saturated carbocycles. The second-order valence-corrected chi connectivity index (χ2v) is 8.55. The van der Waals surface area contributed by atoms with Crippen molar-refractivity contribution in [3.63, 3.8) is 0 Å². The molecule has 32 heavy (non-hydrogen) atoms. The number of hydrogen-bond donors (Lipinski definition) is 1. The third-order valence-corrected chi connectivity index (χ3v) is 6.62. The Bertz CT molecular complexity index is 1210. The van der Waals surface area contributed by atoms with Crippen molar-refractivity contribution in [1.82, 2.24) is 5.32 Å². The fraction of sp³-hybridized carbons (Fsp3) is 0.259. The minimum Gasteiger partial charge on any atom is -0.454 e. The summed E-state index contributed by atoms with van der Waals surface area (Å²) in [6, 6.07) is 19.6. The summed E-state index contributed by atoms with van der Waals surface area (Å²) in [7, 11) is 1.62. The smallest absolute Gasteiger partial charge is 0.251 e. The first-order valence-corrected chi connectivity index (χ1v) is 10.9. The molecule has 0 radical (unpaired) electrons. The molecule has 0 bridgehead atoms. The fourth-order valence-electron chi connectivity index (χ4n) is 4.39. The molecule has 0 unspecified atom stereocenters. The maximum Gasteiger partial charge on any atom is 0.251 e. The zero-order valence-electron chi connectivity index (χ0n) is 18.2. The number of amides is 1. The predicted octanol–water partition coefficient (Wildman–Crippen LogP) is 4.59. The number of Topliss-reactive ketones (excluding diaryl/α,β-unsaturated/α-hetero) is 1. The number of ketones is 1. The molecule has 1 N–H and O–H groups in total. The number of aryl methyl sites for hydroxylation is 1. The molecule has 3 aromatic rings. The summed E-state index contributed by atoms with van der Waals surface area (Å²) < 4.78 is 10.9. The van der Waals surface area contributed by atoms with Crippen LogP contribution in [0.4, 0.5) is 0 Å². The van der Waals surface area contributed by atoms with E-state index in [1.54, 1.807) is 7.05 Å². The fourth-order valence-corrected chi connectivity index (χ4v) is 4.39. The van der Waals surface area contributed by atoms with E-state index in [9.17, 15) is 9.59 Å². The summed E-state index contributed by atoms with van der Waals surface area (Å²) in [5, 5.41) is 2.63. The van der Waals surface area contributed by atoms with Gasteiger partial charge >= 0.3 is 0 Å². The molecule has 1 amide bonds. The molecule has 5 heteroatoms. The highest BCUT2D eigenvalue weighted by atomic mass is 16.7. The van der Waals surface area contributed by atoms with Crippen molar-refractivity contribution in [2.75, 3.05) is 13.8 Å². The lowest BCUT2D eigenvalue weighted by atomic mass is 9.86. The van der Waals surface area contributed by atoms with Crippen LogP contribution in [0, 0.1) is 6.92 Å². The topological polar surface area (TPSA) is 64.6 Å². The van der Waals surface area contributed by atoms with Crippen LogP contribution in [0.3, 0.4) is 0 Å². The van der Waals surface area contributed by atoms with Crippen molar-refractivity contribution in [2.24, 2.45) is 0 Å². The molecular formula is C27H25NO4. The van der Waals surface area contributed by atoms with Gasteiger partial charge in [0.05, 0.1) is 5.41 Å². The number of benzene rings is 3. The van der Waals surface area contributed by atoms with Gasteiger partial charge in [-0.25, -0.2) is 0 Å². The van der Waals surface area contributed by atoms with Crippen LogP contribution in [0.25, 0.3) is 11.1 Å². The van der Waals surface area contributed by atoms with Gasteiger partial charge in [0.15, 0.2) is 11.5 Å². The molecule has 0 spiro atoms. The van der Waals surface area contributed by atoms with E-state index < -0.39 is 5.41 Å². The highest BCUT2D eigenvalue weighted by Crippen LogP contribution is 2.51. The minimum atomic E-state index is -0.418. The summed E-state index contributed by atoms with van der Waals surface area (Å²) >= 11 is 0. The Morgan fingerprint density at radius 2 is 1.62 bits per heavy atom. The van der Waals surface area contributed by atoms with Crippen LogP contribution in [0.5, 0.6) is 11.5 Å². The number of rotatable bonds is 6. The lowest BCUT2D eigenvalue weighted by Gasteiger charge is -2.17. The Morgan fingerprint density at radius 3 is 2.34 bits per heavy atom. The molecule has 1 aliphatic carbocycles. The largest absolute Gasteiger partial charge is 0.454 e. The van der Waals surface area contributed by atoms with E-state index in [0.29, 0.717) is 12.0 Å². The highest BCUT2D eigenvalue weighted by Gasteiger charge is 2.50. The molecule has 1 heterocycles. The van der Waals surface area contributed by atoms with E-state index >= 15 is 0 Å². The second kappa shape index (κ2) is 7.83. The number of fused-ring (bicyclic) bond motifs is 1. The first-order valence-electron chi connectivity index (χ1n) is 10.9. The normalized spacial score (nSPS) is 15.3. The van der Waals surface area contributed by atoms with Crippen molar-refractivity contribution in [2.45, 2.75) is 31.6 Å². The average Bonchev–Trinajstić information content (AvgIpc) is 3.51. The maximum absolute atomic E-state index is 13.4. The Kier molecular flexibility index (Phi) is 4.97. The van der Waals surface area contributed by atoms with Crippen molar-refractivity contribution >= 4 is 11.7 Å². The van der Waals surface area contributed by atoms with Gasteiger partial charge in [-0.3, -0.25) is 9.59 Å². The zero-order valence-corrected chi connectivity index (χ0v) is 18.2. The summed E-state index contributed by atoms with van der Waals surface area (Å²) in [6.07, 6.45) is 2.13. The SMILES string of the molecule is CNC(=O)c1ccc(-c2ccc(C)c(CC(=O)C3(c4ccc5c(c4)OCO5)CC3)c2)cc1. The van der Waals surface area contributed by atoms with Crippen molar-refractivity contribution in [3.05, 3.63) is 82.9 Å². The number of carbonyl (C=O) groups excluding carboxylic acids is 2. The highest BCUT2D eigenvalue weighted by molar-refractivity contribution is 5.95. The Balaban J connectivity index is 1.38. The van der Waals surface area contributed by atoms with E-state index in [0.717, 1.165) is 52.2 Å². The molecule has 0 aromatic heterocycles. The molecule has 3 aromatic carbocycles. The number of carbonyl (C=O) groups is 2. The van der Waals surface area contributed by atoms with Crippen molar-refractivity contribution in [3.8, 4) is 22.6 Å². The summed E-state index contributed by atoms with van der Waals surface area (Å²) in [5.41, 5.74) is 5.42. The Labute approximate surface area is 187 Å². The van der Waals surface area contributed by atoms with Crippen LogP contribution >= 0.6 is 0 Å². The quantitative estimate of drug-likeness (QED) is 0.625. The first-order chi connectivity index (χ1) is 15.5. The summed E-state index contributed by atoms with van der Waals surface area (Å²) in [5.74, 6) is 1.60. The van der Waals surface area contributed by atoms with E-state index in [4.69, 9.17) is 9.47 Å². The molecule has 2 aliphatic rings. The second-order valence-electron chi connectivity index (χ2n) is 8.55. The average molecular weight is 428 g/mol. The van der Waals surface area contributed by atoms with Gasteiger partial charge in [0.2, 0.25) is 6.79 Å². The van der Waals surface area contributed by atoms with Gasteiger partial charge in [0.25, 0.3) is 5.91 Å². The Morgan fingerprint density at radius 1 is 0.906 bits per heavy atom. The molecule has 162 valence electrons. The lowest BCUT2D eigenvalue weighted by molar-refractivity contribution is -0.120. The summed E-state index contributed by atoms with van der Waals surface area (Å²) in [4.78, 5) is 25.2. The van der Waals surface area contributed by atoms with Crippen LogP contribution in [0.15, 0.2) is 60.7 Å². The van der Waals surface area contributed by atoms with Crippen LogP contribution < -0.4 is 14.8 Å². The van der Waals surface area contributed by atoms with Gasteiger partial charge in [0, 0.05) is 19.0 Å². The van der Waals surface area contributed by atoms with Crippen LogP contribution in [0.1, 0.15) is 39.9 Å². The first kappa shape index (κ1) is 20.3. The van der Waals surface area contributed by atoms with Crippen LogP contribution in [-0.4, -0.2) is 25.5 Å². The van der Waals surface area contributed by atoms with Crippen LogP contribution in [0.2, 0.25) is 0 Å². The van der Waals surface area contributed by atoms with Gasteiger partial charge in [-0.1, -0.05) is 36.4 Å². The molecule has 5 rings (SSSR count). The van der Waals surface area contributed by atoms with Crippen molar-refractivity contribution in [1.29, 1.82) is 0 Å². The van der Waals surface area contributed by atoms with Gasteiger partial charge in [-0.05, 0) is 71.8 Å². The minimum absolute atomic E-state index is 0.106. The molecular weight excluding hydrogens is 402 g/mol.